The molecule has 1 aromatic heterocycles. The summed E-state index contributed by atoms with van der Waals surface area (Å²) in [5, 5.41) is 4.88. The van der Waals surface area contributed by atoms with Crippen LogP contribution in [0.25, 0.3) is 11.0 Å². The van der Waals surface area contributed by atoms with Gasteiger partial charge in [-0.05, 0) is 43.7 Å². The van der Waals surface area contributed by atoms with E-state index in [9.17, 15) is 32.3 Å². The van der Waals surface area contributed by atoms with Crippen LogP contribution < -0.4 is 33.5 Å². The average Bonchev–Trinajstić information content (AvgIpc) is 3.42. The smallest absolute Gasteiger partial charge is 0.417 e. The monoisotopic (exact) mass is 595 g/mol. The Morgan fingerprint density at radius 3 is 2.57 bits per heavy atom. The van der Waals surface area contributed by atoms with Gasteiger partial charge in [0.05, 0.1) is 11.6 Å². The number of likely N-dealkylation sites (tertiary alicyclic amines) is 1. The molecule has 2 heterocycles. The van der Waals surface area contributed by atoms with E-state index in [2.05, 4.69) is 15.6 Å². The van der Waals surface area contributed by atoms with Crippen molar-refractivity contribution >= 4 is 40.3 Å². The molecule has 15 heteroatoms. The van der Waals surface area contributed by atoms with Gasteiger partial charge < -0.3 is 37.2 Å². The van der Waals surface area contributed by atoms with Crippen molar-refractivity contribution in [3.05, 3.63) is 40.2 Å². The van der Waals surface area contributed by atoms with Crippen LogP contribution in [-0.4, -0.2) is 59.8 Å². The van der Waals surface area contributed by atoms with Crippen molar-refractivity contribution in [3.8, 4) is 0 Å². The van der Waals surface area contributed by atoms with Crippen molar-refractivity contribution < 1.29 is 32.0 Å². The molecule has 0 spiro atoms. The lowest BCUT2D eigenvalue weighted by atomic mass is 9.98. The van der Waals surface area contributed by atoms with E-state index in [1.165, 1.54) is 11.0 Å². The summed E-state index contributed by atoms with van der Waals surface area (Å²) in [6.07, 6.45) is -2.74. The lowest BCUT2D eigenvalue weighted by Crippen LogP contribution is -2.55. The zero-order valence-corrected chi connectivity index (χ0v) is 23.4. The molecule has 1 aromatic carbocycles. The van der Waals surface area contributed by atoms with Crippen molar-refractivity contribution in [1.82, 2.24) is 10.2 Å². The van der Waals surface area contributed by atoms with Crippen LogP contribution in [0.15, 0.2) is 38.5 Å². The molecule has 42 heavy (non-hydrogen) atoms. The Morgan fingerprint density at radius 2 is 1.93 bits per heavy atom. The molecule has 0 bridgehead atoms. The maximum Gasteiger partial charge on any atom is 0.417 e. The standard InChI is InChI=1S/C27H36F3N7O5/c1-3-14(2)22(31)25(41)37-11-5-7-19(37)24(40)36-18(6-4-10-34-26(32)33)23(39)35-15-8-9-16-17(27(28,29)30)13-21(38)42-20(16)12-15/h8-9,12-14,18-19,22H,3-7,10-11,31H2,1-2H3,(H,35,39)(H,36,40)(H4,32,33,34)/t14-,18-,19-,22+/m0/s1. The Labute approximate surface area is 239 Å². The van der Waals surface area contributed by atoms with Gasteiger partial charge in [0.1, 0.15) is 17.7 Å². The summed E-state index contributed by atoms with van der Waals surface area (Å²) in [7, 11) is 0. The Balaban J connectivity index is 1.81. The second kappa shape index (κ2) is 13.7. The first-order valence-corrected chi connectivity index (χ1v) is 13.6. The van der Waals surface area contributed by atoms with Crippen molar-refractivity contribution in [2.45, 2.75) is 70.3 Å². The molecule has 3 amide bonds. The summed E-state index contributed by atoms with van der Waals surface area (Å²) in [6.45, 7) is 4.29. The number of hydrogen-bond donors (Lipinski definition) is 5. The summed E-state index contributed by atoms with van der Waals surface area (Å²) >= 11 is 0. The Morgan fingerprint density at radius 1 is 1.21 bits per heavy atom. The number of halogens is 3. The molecule has 1 saturated heterocycles. The summed E-state index contributed by atoms with van der Waals surface area (Å²) in [6, 6.07) is 1.04. The number of benzene rings is 1. The van der Waals surface area contributed by atoms with Crippen LogP contribution in [0.1, 0.15) is 51.5 Å². The van der Waals surface area contributed by atoms with Gasteiger partial charge in [0.2, 0.25) is 17.7 Å². The fourth-order valence-corrected chi connectivity index (χ4v) is 4.74. The van der Waals surface area contributed by atoms with Crippen LogP contribution in [0.4, 0.5) is 18.9 Å². The molecule has 1 aliphatic heterocycles. The van der Waals surface area contributed by atoms with Gasteiger partial charge >= 0.3 is 11.8 Å². The van der Waals surface area contributed by atoms with Gasteiger partial charge in [0, 0.05) is 36.3 Å². The summed E-state index contributed by atoms with van der Waals surface area (Å²) in [4.78, 5) is 56.7. The first kappa shape index (κ1) is 32.4. The van der Waals surface area contributed by atoms with E-state index in [1.807, 2.05) is 13.8 Å². The van der Waals surface area contributed by atoms with E-state index in [0.29, 0.717) is 38.3 Å². The molecule has 8 N–H and O–H groups in total. The third-order valence-corrected chi connectivity index (χ3v) is 7.28. The number of amides is 3. The van der Waals surface area contributed by atoms with Gasteiger partial charge in [0.25, 0.3) is 0 Å². The highest BCUT2D eigenvalue weighted by Crippen LogP contribution is 2.34. The topological polar surface area (TPSA) is 199 Å². The number of fused-ring (bicyclic) bond motifs is 1. The largest absolute Gasteiger partial charge is 0.423 e. The average molecular weight is 596 g/mol. The molecular formula is C27H36F3N7O5. The number of hydrogen-bond acceptors (Lipinski definition) is 7. The molecule has 0 saturated carbocycles. The third-order valence-electron chi connectivity index (χ3n) is 7.28. The number of carbonyl (C=O) groups is 3. The predicted octanol–water partition coefficient (Wildman–Crippen LogP) is 1.65. The lowest BCUT2D eigenvalue weighted by Gasteiger charge is -2.30. The fraction of sp³-hybridized carbons (Fsp3) is 0.519. The highest BCUT2D eigenvalue weighted by molar-refractivity contribution is 6.00. The Bertz CT molecular complexity index is 1390. The third kappa shape index (κ3) is 7.99. The van der Waals surface area contributed by atoms with Crippen LogP contribution in [0.3, 0.4) is 0 Å². The summed E-state index contributed by atoms with van der Waals surface area (Å²) < 4.78 is 45.1. The summed E-state index contributed by atoms with van der Waals surface area (Å²) in [5.74, 6) is -1.80. The van der Waals surface area contributed by atoms with Crippen molar-refractivity contribution in [1.29, 1.82) is 0 Å². The maximum atomic E-state index is 13.4. The second-order valence-corrected chi connectivity index (χ2v) is 10.3. The van der Waals surface area contributed by atoms with Crippen LogP contribution in [0.5, 0.6) is 0 Å². The second-order valence-electron chi connectivity index (χ2n) is 10.3. The first-order valence-electron chi connectivity index (χ1n) is 13.6. The van der Waals surface area contributed by atoms with Gasteiger partial charge in [-0.25, -0.2) is 4.79 Å². The van der Waals surface area contributed by atoms with Gasteiger partial charge in [0.15, 0.2) is 5.96 Å². The van der Waals surface area contributed by atoms with Crippen molar-refractivity contribution in [2.24, 2.45) is 28.1 Å². The zero-order chi connectivity index (χ0) is 31.2. The number of aliphatic imine (C=N–C) groups is 1. The van der Waals surface area contributed by atoms with E-state index >= 15 is 0 Å². The molecule has 0 unspecified atom stereocenters. The fourth-order valence-electron chi connectivity index (χ4n) is 4.74. The van der Waals surface area contributed by atoms with Crippen molar-refractivity contribution in [3.63, 3.8) is 0 Å². The van der Waals surface area contributed by atoms with Crippen LogP contribution in [0, 0.1) is 5.92 Å². The van der Waals surface area contributed by atoms with E-state index < -0.39 is 47.3 Å². The number of guanidine groups is 1. The van der Waals surface area contributed by atoms with E-state index in [-0.39, 0.29) is 47.4 Å². The number of nitrogens with zero attached hydrogens (tertiary/aromatic N) is 2. The Kier molecular flexibility index (Phi) is 10.5. The van der Waals surface area contributed by atoms with Gasteiger partial charge in [-0.1, -0.05) is 20.3 Å². The zero-order valence-electron chi connectivity index (χ0n) is 23.4. The molecule has 0 radical (unpaired) electrons. The van der Waals surface area contributed by atoms with E-state index in [1.54, 1.807) is 0 Å². The van der Waals surface area contributed by atoms with Crippen LogP contribution in [0.2, 0.25) is 0 Å². The van der Waals surface area contributed by atoms with Crippen LogP contribution in [-0.2, 0) is 20.6 Å². The number of nitrogens with two attached hydrogens (primary N) is 3. The quantitative estimate of drug-likeness (QED) is 0.112. The predicted molar refractivity (Wildman–Crippen MR) is 150 cm³/mol. The van der Waals surface area contributed by atoms with Gasteiger partial charge in [-0.15, -0.1) is 0 Å². The minimum absolute atomic E-state index is 0.0376. The number of rotatable bonds is 11. The molecule has 3 rings (SSSR count). The minimum Gasteiger partial charge on any atom is -0.423 e. The number of alkyl halides is 3. The van der Waals surface area contributed by atoms with Crippen LogP contribution >= 0.6 is 0 Å². The Hall–Kier alpha value is -4.14. The number of anilines is 1. The lowest BCUT2D eigenvalue weighted by molar-refractivity contribution is -0.140. The SMILES string of the molecule is CC[C@H](C)[C@@H](N)C(=O)N1CCC[C@H]1C(=O)N[C@@H](CCCN=C(N)N)C(=O)Nc1ccc2c(C(F)(F)F)cc(=O)oc2c1. The molecule has 12 nitrogen and oxygen atoms in total. The summed E-state index contributed by atoms with van der Waals surface area (Å²) in [5.41, 5.74) is 14.1. The van der Waals surface area contributed by atoms with Gasteiger partial charge in [-0.2, -0.15) is 13.2 Å². The molecule has 1 aliphatic rings. The highest BCUT2D eigenvalue weighted by Gasteiger charge is 2.38. The molecule has 230 valence electrons. The molecule has 1 fully saturated rings. The van der Waals surface area contributed by atoms with E-state index in [0.717, 1.165) is 12.1 Å². The number of carbonyl (C=O) groups excluding carboxylic acids is 3. The minimum atomic E-state index is -4.79. The first-order chi connectivity index (χ1) is 19.7. The number of nitrogens with one attached hydrogen (secondary N) is 2. The molecule has 2 aromatic rings. The molecule has 0 aliphatic carbocycles. The maximum absolute atomic E-state index is 13.4. The highest BCUT2D eigenvalue weighted by atomic mass is 19.4. The van der Waals surface area contributed by atoms with Crippen molar-refractivity contribution in [2.75, 3.05) is 18.4 Å². The molecular weight excluding hydrogens is 559 g/mol. The van der Waals surface area contributed by atoms with E-state index in [4.69, 9.17) is 21.6 Å². The van der Waals surface area contributed by atoms with Gasteiger partial charge in [-0.3, -0.25) is 19.4 Å². The molecule has 4 atom stereocenters. The normalized spacial score (nSPS) is 17.4.